The van der Waals surface area contributed by atoms with Crippen LogP contribution in [0.2, 0.25) is 0 Å². The number of rotatable bonds is 3. The largest absolute Gasteiger partial charge is 0.272 e. The van der Waals surface area contributed by atoms with E-state index in [0.717, 1.165) is 6.42 Å². The van der Waals surface area contributed by atoms with Crippen LogP contribution in [-0.4, -0.2) is 11.5 Å². The molecule has 0 aromatic heterocycles. The molecule has 3 nitrogen and oxygen atoms in total. The lowest BCUT2D eigenvalue weighted by Crippen LogP contribution is -2.40. The third-order valence-electron chi connectivity index (χ3n) is 1.95. The fourth-order valence-electron chi connectivity index (χ4n) is 0.498. The van der Waals surface area contributed by atoms with E-state index in [2.05, 4.69) is 5.48 Å². The van der Waals surface area contributed by atoms with Crippen LogP contribution in [-0.2, 0) is 9.63 Å². The number of amides is 1. The molecule has 0 fully saturated rings. The second-order valence-corrected chi connectivity index (χ2v) is 4.88. The highest BCUT2D eigenvalue weighted by Gasteiger charge is 2.26. The zero-order valence-corrected chi connectivity index (χ0v) is 9.52. The Hall–Kier alpha value is -0.570. The Morgan fingerprint density at radius 2 is 1.69 bits per heavy atom. The van der Waals surface area contributed by atoms with Crippen molar-refractivity contribution in [2.75, 3.05) is 0 Å². The topological polar surface area (TPSA) is 38.3 Å². The molecule has 1 amide bonds. The smallest absolute Gasteiger partial charge is 0.249 e. The van der Waals surface area contributed by atoms with Crippen LogP contribution in [0.5, 0.6) is 0 Å². The summed E-state index contributed by atoms with van der Waals surface area (Å²) in [6, 6.07) is 0. The van der Waals surface area contributed by atoms with Crippen LogP contribution < -0.4 is 5.48 Å². The molecule has 0 atom stereocenters. The lowest BCUT2D eigenvalue weighted by atomic mass is 9.90. The Morgan fingerprint density at radius 3 is 2.00 bits per heavy atom. The van der Waals surface area contributed by atoms with Crippen molar-refractivity contribution in [1.29, 1.82) is 0 Å². The predicted molar refractivity (Wildman–Crippen MR) is 53.1 cm³/mol. The summed E-state index contributed by atoms with van der Waals surface area (Å²) in [6.45, 7) is 11.5. The molecule has 78 valence electrons. The molecule has 0 aliphatic heterocycles. The summed E-state index contributed by atoms with van der Waals surface area (Å²) >= 11 is 0. The van der Waals surface area contributed by atoms with E-state index in [1.807, 2.05) is 41.5 Å². The van der Waals surface area contributed by atoms with Crippen molar-refractivity contribution in [3.05, 3.63) is 0 Å². The Kier molecular flexibility index (Phi) is 3.91. The standard InChI is InChI=1S/C10H21NO2/c1-7-10(5,6)8(12)11-13-9(2,3)4/h7H2,1-6H3,(H,11,12). The highest BCUT2D eigenvalue weighted by molar-refractivity contribution is 5.80. The monoisotopic (exact) mass is 187 g/mol. The minimum absolute atomic E-state index is 0.0649. The van der Waals surface area contributed by atoms with E-state index in [1.54, 1.807) is 0 Å². The van der Waals surface area contributed by atoms with Gasteiger partial charge in [-0.25, -0.2) is 5.48 Å². The SMILES string of the molecule is CCC(C)(C)C(=O)NOC(C)(C)C. The molecule has 0 aromatic rings. The van der Waals surface area contributed by atoms with Crippen molar-refractivity contribution in [2.45, 2.75) is 53.6 Å². The summed E-state index contributed by atoms with van der Waals surface area (Å²) in [5, 5.41) is 0. The number of carbonyl (C=O) groups is 1. The van der Waals surface area contributed by atoms with Gasteiger partial charge in [0.05, 0.1) is 5.60 Å². The molecule has 0 aromatic carbocycles. The summed E-state index contributed by atoms with van der Waals surface area (Å²) in [7, 11) is 0. The first-order chi connectivity index (χ1) is 5.69. The maximum atomic E-state index is 11.5. The molecule has 0 saturated heterocycles. The van der Waals surface area contributed by atoms with Gasteiger partial charge in [0.15, 0.2) is 0 Å². The van der Waals surface area contributed by atoms with Gasteiger partial charge in [-0.05, 0) is 27.2 Å². The Morgan fingerprint density at radius 1 is 1.23 bits per heavy atom. The molecule has 0 radical (unpaired) electrons. The molecular weight excluding hydrogens is 166 g/mol. The second-order valence-electron chi connectivity index (χ2n) is 4.88. The van der Waals surface area contributed by atoms with Crippen LogP contribution in [0.25, 0.3) is 0 Å². The fraction of sp³-hybridized carbons (Fsp3) is 0.900. The highest BCUT2D eigenvalue weighted by atomic mass is 16.7. The number of hydrogen-bond acceptors (Lipinski definition) is 2. The molecule has 0 heterocycles. The van der Waals surface area contributed by atoms with E-state index in [-0.39, 0.29) is 16.9 Å². The first-order valence-corrected chi connectivity index (χ1v) is 4.67. The highest BCUT2D eigenvalue weighted by Crippen LogP contribution is 2.19. The van der Waals surface area contributed by atoms with E-state index in [9.17, 15) is 4.79 Å². The van der Waals surface area contributed by atoms with Gasteiger partial charge in [0.1, 0.15) is 0 Å². The number of hydrogen-bond donors (Lipinski definition) is 1. The number of hydroxylamine groups is 1. The van der Waals surface area contributed by atoms with Crippen LogP contribution in [0.3, 0.4) is 0 Å². The maximum absolute atomic E-state index is 11.5. The third kappa shape index (κ3) is 4.88. The van der Waals surface area contributed by atoms with Crippen molar-refractivity contribution in [3.63, 3.8) is 0 Å². The lowest BCUT2D eigenvalue weighted by Gasteiger charge is -2.25. The van der Waals surface area contributed by atoms with Crippen LogP contribution in [0.4, 0.5) is 0 Å². The van der Waals surface area contributed by atoms with Crippen molar-refractivity contribution in [3.8, 4) is 0 Å². The van der Waals surface area contributed by atoms with Gasteiger partial charge in [-0.15, -0.1) is 0 Å². The van der Waals surface area contributed by atoms with E-state index >= 15 is 0 Å². The van der Waals surface area contributed by atoms with Crippen LogP contribution in [0.1, 0.15) is 48.0 Å². The van der Waals surface area contributed by atoms with Crippen LogP contribution in [0, 0.1) is 5.41 Å². The summed E-state index contributed by atoms with van der Waals surface area (Å²) in [6.07, 6.45) is 0.798. The van der Waals surface area contributed by atoms with Crippen molar-refractivity contribution < 1.29 is 9.63 Å². The van der Waals surface area contributed by atoms with E-state index < -0.39 is 0 Å². The molecule has 3 heteroatoms. The van der Waals surface area contributed by atoms with E-state index in [1.165, 1.54) is 0 Å². The van der Waals surface area contributed by atoms with Crippen molar-refractivity contribution in [1.82, 2.24) is 5.48 Å². The summed E-state index contributed by atoms with van der Waals surface area (Å²) < 4.78 is 0. The zero-order valence-electron chi connectivity index (χ0n) is 9.52. The molecule has 0 bridgehead atoms. The van der Waals surface area contributed by atoms with Crippen molar-refractivity contribution >= 4 is 5.91 Å². The van der Waals surface area contributed by atoms with Crippen molar-refractivity contribution in [2.24, 2.45) is 5.41 Å². The van der Waals surface area contributed by atoms with E-state index in [0.29, 0.717) is 0 Å². The average Bonchev–Trinajstić information content (AvgIpc) is 1.98. The molecule has 0 saturated carbocycles. The molecule has 0 rings (SSSR count). The Labute approximate surface area is 80.8 Å². The van der Waals surface area contributed by atoms with Gasteiger partial charge < -0.3 is 0 Å². The van der Waals surface area contributed by atoms with Gasteiger partial charge in [0.25, 0.3) is 0 Å². The Bertz CT molecular complexity index is 180. The van der Waals surface area contributed by atoms with Gasteiger partial charge in [-0.1, -0.05) is 20.8 Å². The number of carbonyl (C=O) groups excluding carboxylic acids is 1. The van der Waals surface area contributed by atoms with Gasteiger partial charge in [0, 0.05) is 5.41 Å². The van der Waals surface area contributed by atoms with Gasteiger partial charge in [-0.2, -0.15) is 0 Å². The minimum atomic E-state index is -0.356. The third-order valence-corrected chi connectivity index (χ3v) is 1.95. The normalized spacial score (nSPS) is 12.8. The van der Waals surface area contributed by atoms with Crippen LogP contribution in [0.15, 0.2) is 0 Å². The van der Waals surface area contributed by atoms with Gasteiger partial charge >= 0.3 is 0 Å². The molecule has 0 aliphatic carbocycles. The molecule has 0 unspecified atom stereocenters. The first-order valence-electron chi connectivity index (χ1n) is 4.67. The zero-order chi connectivity index (χ0) is 10.7. The second kappa shape index (κ2) is 4.09. The predicted octanol–water partition coefficient (Wildman–Crippen LogP) is 2.27. The maximum Gasteiger partial charge on any atom is 0.249 e. The fourth-order valence-corrected chi connectivity index (χ4v) is 0.498. The Balaban J connectivity index is 4.03. The summed E-state index contributed by atoms with van der Waals surface area (Å²) in [5.74, 6) is -0.0649. The van der Waals surface area contributed by atoms with Crippen LogP contribution >= 0.6 is 0 Å². The first kappa shape index (κ1) is 12.4. The average molecular weight is 187 g/mol. The van der Waals surface area contributed by atoms with E-state index in [4.69, 9.17) is 4.84 Å². The lowest BCUT2D eigenvalue weighted by molar-refractivity contribution is -0.154. The van der Waals surface area contributed by atoms with Gasteiger partial charge in [-0.3, -0.25) is 9.63 Å². The number of nitrogens with one attached hydrogen (secondary N) is 1. The summed E-state index contributed by atoms with van der Waals surface area (Å²) in [5.41, 5.74) is 1.79. The molecule has 0 spiro atoms. The quantitative estimate of drug-likeness (QED) is 0.688. The molecule has 1 N–H and O–H groups in total. The molecule has 13 heavy (non-hydrogen) atoms. The summed E-state index contributed by atoms with van der Waals surface area (Å²) in [4.78, 5) is 16.7. The molecule has 0 aliphatic rings. The van der Waals surface area contributed by atoms with Gasteiger partial charge in [0.2, 0.25) is 5.91 Å². The molecular formula is C10H21NO2. The minimum Gasteiger partial charge on any atom is -0.272 e.